The van der Waals surface area contributed by atoms with Crippen LogP contribution in [0.3, 0.4) is 0 Å². The smallest absolute Gasteiger partial charge is 0.158 e. The van der Waals surface area contributed by atoms with Gasteiger partial charge in [-0.25, -0.2) is 0 Å². The molecular formula is C12H21N3O. The molecule has 16 heavy (non-hydrogen) atoms. The standard InChI is InChI=1S/C12H21N3O/c1-5-12(13,6-2)11(16)8-10-7-9(3)14-15(10)4/h7H,5-6,8,13H2,1-4H3. The van der Waals surface area contributed by atoms with Crippen LogP contribution in [-0.4, -0.2) is 21.1 Å². The molecule has 0 atom stereocenters. The number of aromatic nitrogens is 2. The topological polar surface area (TPSA) is 60.9 Å². The summed E-state index contributed by atoms with van der Waals surface area (Å²) in [5, 5.41) is 4.22. The monoisotopic (exact) mass is 223 g/mol. The molecule has 0 saturated carbocycles. The zero-order valence-electron chi connectivity index (χ0n) is 10.6. The summed E-state index contributed by atoms with van der Waals surface area (Å²) < 4.78 is 1.75. The lowest BCUT2D eigenvalue weighted by atomic mass is 9.87. The minimum absolute atomic E-state index is 0.0977. The molecule has 0 spiro atoms. The summed E-state index contributed by atoms with van der Waals surface area (Å²) in [7, 11) is 1.85. The predicted octanol–water partition coefficient (Wildman–Crippen LogP) is 1.36. The first-order valence-electron chi connectivity index (χ1n) is 5.74. The molecule has 0 unspecified atom stereocenters. The Hall–Kier alpha value is -1.16. The molecule has 1 aromatic heterocycles. The maximum absolute atomic E-state index is 12.1. The van der Waals surface area contributed by atoms with Crippen molar-refractivity contribution in [3.63, 3.8) is 0 Å². The Morgan fingerprint density at radius 1 is 1.50 bits per heavy atom. The normalized spacial score (nSPS) is 11.8. The number of hydrogen-bond donors (Lipinski definition) is 1. The Bertz CT molecular complexity index is 378. The van der Waals surface area contributed by atoms with Crippen LogP contribution in [0, 0.1) is 6.92 Å². The predicted molar refractivity (Wildman–Crippen MR) is 64.2 cm³/mol. The molecule has 0 aromatic carbocycles. The van der Waals surface area contributed by atoms with E-state index in [2.05, 4.69) is 5.10 Å². The summed E-state index contributed by atoms with van der Waals surface area (Å²) in [6, 6.07) is 1.93. The van der Waals surface area contributed by atoms with Crippen LogP contribution in [0.5, 0.6) is 0 Å². The van der Waals surface area contributed by atoms with E-state index < -0.39 is 5.54 Å². The molecule has 4 nitrogen and oxygen atoms in total. The lowest BCUT2D eigenvalue weighted by Gasteiger charge is -2.24. The number of carbonyl (C=O) groups is 1. The highest BCUT2D eigenvalue weighted by molar-refractivity contribution is 5.89. The van der Waals surface area contributed by atoms with Gasteiger partial charge in [0.25, 0.3) is 0 Å². The number of aryl methyl sites for hydroxylation is 2. The first kappa shape index (κ1) is 12.9. The zero-order valence-corrected chi connectivity index (χ0v) is 10.6. The molecule has 0 bridgehead atoms. The van der Waals surface area contributed by atoms with Crippen molar-refractivity contribution in [2.75, 3.05) is 0 Å². The van der Waals surface area contributed by atoms with E-state index in [1.54, 1.807) is 4.68 Å². The second-order valence-corrected chi connectivity index (χ2v) is 4.36. The lowest BCUT2D eigenvalue weighted by molar-refractivity contribution is -0.123. The molecule has 0 aliphatic carbocycles. The summed E-state index contributed by atoms with van der Waals surface area (Å²) in [5.74, 6) is 0.0977. The number of nitrogens with zero attached hydrogens (tertiary/aromatic N) is 2. The van der Waals surface area contributed by atoms with E-state index in [-0.39, 0.29) is 5.78 Å². The molecular weight excluding hydrogens is 202 g/mol. The Morgan fingerprint density at radius 3 is 2.44 bits per heavy atom. The molecule has 90 valence electrons. The van der Waals surface area contributed by atoms with Crippen LogP contribution >= 0.6 is 0 Å². The van der Waals surface area contributed by atoms with Crippen LogP contribution in [0.4, 0.5) is 0 Å². The van der Waals surface area contributed by atoms with Crippen LogP contribution in [0.15, 0.2) is 6.07 Å². The van der Waals surface area contributed by atoms with Crippen molar-refractivity contribution < 1.29 is 4.79 Å². The van der Waals surface area contributed by atoms with E-state index >= 15 is 0 Å². The molecule has 0 aliphatic heterocycles. The van der Waals surface area contributed by atoms with Gasteiger partial charge in [-0.15, -0.1) is 0 Å². The van der Waals surface area contributed by atoms with E-state index in [0.29, 0.717) is 19.3 Å². The molecule has 0 saturated heterocycles. The van der Waals surface area contributed by atoms with Gasteiger partial charge in [0.1, 0.15) is 0 Å². The SMILES string of the molecule is CCC(N)(CC)C(=O)Cc1cc(C)nn1C. The molecule has 1 aromatic rings. The third kappa shape index (κ3) is 2.50. The van der Waals surface area contributed by atoms with Crippen LogP contribution in [0.2, 0.25) is 0 Å². The number of nitrogens with two attached hydrogens (primary N) is 1. The average molecular weight is 223 g/mol. The number of rotatable bonds is 5. The van der Waals surface area contributed by atoms with Gasteiger partial charge < -0.3 is 5.73 Å². The third-order valence-electron chi connectivity index (χ3n) is 3.26. The van der Waals surface area contributed by atoms with Gasteiger partial charge in [0.2, 0.25) is 0 Å². The highest BCUT2D eigenvalue weighted by atomic mass is 16.1. The fraction of sp³-hybridized carbons (Fsp3) is 0.667. The van der Waals surface area contributed by atoms with Crippen LogP contribution in [0.25, 0.3) is 0 Å². The van der Waals surface area contributed by atoms with Crippen molar-refractivity contribution in [3.8, 4) is 0 Å². The number of ketones is 1. The van der Waals surface area contributed by atoms with Gasteiger partial charge in [-0.3, -0.25) is 9.48 Å². The highest BCUT2D eigenvalue weighted by Crippen LogP contribution is 2.16. The van der Waals surface area contributed by atoms with Crippen LogP contribution < -0.4 is 5.73 Å². The maximum atomic E-state index is 12.1. The number of carbonyl (C=O) groups excluding carboxylic acids is 1. The van der Waals surface area contributed by atoms with Crippen LogP contribution in [0.1, 0.15) is 38.1 Å². The zero-order chi connectivity index (χ0) is 12.3. The van der Waals surface area contributed by atoms with Crippen molar-refractivity contribution in [2.45, 2.75) is 45.6 Å². The van der Waals surface area contributed by atoms with Gasteiger partial charge >= 0.3 is 0 Å². The Balaban J connectivity index is 2.82. The summed E-state index contributed by atoms with van der Waals surface area (Å²) in [4.78, 5) is 12.1. The molecule has 0 amide bonds. The molecule has 0 aliphatic rings. The van der Waals surface area contributed by atoms with Gasteiger partial charge in [0.15, 0.2) is 5.78 Å². The minimum atomic E-state index is -0.682. The molecule has 1 heterocycles. The maximum Gasteiger partial charge on any atom is 0.158 e. The summed E-state index contributed by atoms with van der Waals surface area (Å²) in [6.07, 6.45) is 1.73. The van der Waals surface area contributed by atoms with Crippen molar-refractivity contribution in [3.05, 3.63) is 17.5 Å². The fourth-order valence-electron chi connectivity index (χ4n) is 1.81. The molecule has 0 radical (unpaired) electrons. The van der Waals surface area contributed by atoms with Gasteiger partial charge in [0, 0.05) is 12.7 Å². The van der Waals surface area contributed by atoms with Crippen molar-refractivity contribution in [1.29, 1.82) is 0 Å². The van der Waals surface area contributed by atoms with Gasteiger partial charge in [0.05, 0.1) is 17.7 Å². The second kappa shape index (κ2) is 4.78. The largest absolute Gasteiger partial charge is 0.319 e. The first-order valence-corrected chi connectivity index (χ1v) is 5.74. The van der Waals surface area contributed by atoms with E-state index in [1.807, 2.05) is 33.9 Å². The van der Waals surface area contributed by atoms with Crippen molar-refractivity contribution in [2.24, 2.45) is 12.8 Å². The molecule has 2 N–H and O–H groups in total. The van der Waals surface area contributed by atoms with Gasteiger partial charge in [-0.1, -0.05) is 13.8 Å². The van der Waals surface area contributed by atoms with Crippen molar-refractivity contribution >= 4 is 5.78 Å². The fourth-order valence-corrected chi connectivity index (χ4v) is 1.81. The average Bonchev–Trinajstić information content (AvgIpc) is 2.56. The van der Waals surface area contributed by atoms with Crippen molar-refractivity contribution in [1.82, 2.24) is 9.78 Å². The summed E-state index contributed by atoms with van der Waals surface area (Å²) in [5.41, 5.74) is 7.24. The van der Waals surface area contributed by atoms with E-state index in [1.165, 1.54) is 0 Å². The Morgan fingerprint density at radius 2 is 2.06 bits per heavy atom. The van der Waals surface area contributed by atoms with Gasteiger partial charge in [-0.2, -0.15) is 5.10 Å². The number of Topliss-reactive ketones (excluding diaryl/α,β-unsaturated/α-hetero) is 1. The quantitative estimate of drug-likeness (QED) is 0.819. The Kier molecular flexibility index (Phi) is 3.86. The lowest BCUT2D eigenvalue weighted by Crippen LogP contribution is -2.47. The summed E-state index contributed by atoms with van der Waals surface area (Å²) in [6.45, 7) is 5.83. The third-order valence-corrected chi connectivity index (χ3v) is 3.26. The minimum Gasteiger partial charge on any atom is -0.319 e. The summed E-state index contributed by atoms with van der Waals surface area (Å²) >= 11 is 0. The van der Waals surface area contributed by atoms with E-state index in [9.17, 15) is 4.79 Å². The first-order chi connectivity index (χ1) is 7.42. The molecule has 1 rings (SSSR count). The van der Waals surface area contributed by atoms with E-state index in [4.69, 9.17) is 5.73 Å². The highest BCUT2D eigenvalue weighted by Gasteiger charge is 2.30. The van der Waals surface area contributed by atoms with E-state index in [0.717, 1.165) is 11.4 Å². The molecule has 4 heteroatoms. The molecule has 0 fully saturated rings. The number of hydrogen-bond acceptors (Lipinski definition) is 3. The van der Waals surface area contributed by atoms with Gasteiger partial charge in [-0.05, 0) is 25.8 Å². The second-order valence-electron chi connectivity index (χ2n) is 4.36. The Labute approximate surface area is 96.8 Å². The van der Waals surface area contributed by atoms with Crippen LogP contribution in [-0.2, 0) is 18.3 Å².